The maximum absolute atomic E-state index is 13.0. The van der Waals surface area contributed by atoms with Crippen molar-refractivity contribution in [1.29, 1.82) is 0 Å². The highest BCUT2D eigenvalue weighted by Gasteiger charge is 2.51. The molecule has 1 fully saturated rings. The normalized spacial score (nSPS) is 27.3. The predicted octanol–water partition coefficient (Wildman–Crippen LogP) is 3.78. The van der Waals surface area contributed by atoms with Crippen LogP contribution < -0.4 is 0 Å². The van der Waals surface area contributed by atoms with E-state index in [0.717, 1.165) is 12.5 Å². The second kappa shape index (κ2) is 6.94. The summed E-state index contributed by atoms with van der Waals surface area (Å²) in [5, 5.41) is 10.4. The fourth-order valence-corrected chi connectivity index (χ4v) is 6.04. The molecule has 5 heteroatoms. The van der Waals surface area contributed by atoms with Gasteiger partial charge < -0.3 is 14.6 Å². The summed E-state index contributed by atoms with van der Waals surface area (Å²) in [7, 11) is -1.95. The van der Waals surface area contributed by atoms with Crippen LogP contribution in [0, 0.1) is 11.3 Å². The van der Waals surface area contributed by atoms with Crippen molar-refractivity contribution >= 4 is 13.9 Å². The van der Waals surface area contributed by atoms with Crippen molar-refractivity contribution in [1.82, 2.24) is 0 Å². The predicted molar refractivity (Wildman–Crippen MR) is 96.0 cm³/mol. The van der Waals surface area contributed by atoms with Crippen molar-refractivity contribution in [2.75, 3.05) is 0 Å². The van der Waals surface area contributed by atoms with E-state index >= 15 is 0 Å². The number of aliphatic hydroxyl groups excluding tert-OH is 1. The minimum absolute atomic E-state index is 0.0298. The number of hydrogen-bond acceptors (Lipinski definition) is 4. The molecular formula is C18H36O4Si. The minimum Gasteiger partial charge on any atom is -0.390 e. The Morgan fingerprint density at radius 3 is 2.17 bits per heavy atom. The first-order valence-electron chi connectivity index (χ1n) is 8.74. The Morgan fingerprint density at radius 1 is 1.22 bits per heavy atom. The molecule has 1 heterocycles. The van der Waals surface area contributed by atoms with Gasteiger partial charge in [0.1, 0.15) is 11.8 Å². The minimum atomic E-state index is -1.95. The lowest BCUT2D eigenvalue weighted by atomic mass is 9.94. The average Bonchev–Trinajstić information content (AvgIpc) is 2.37. The SMILES string of the molecule is CC(C)[C@H](O)[C@@H]1OC(C)(C)O[C@@H]([Si](C)(C)CCC(C)(C)C)C1=O. The number of ketones is 1. The number of carbonyl (C=O) groups excluding carboxylic acids is 1. The molecule has 0 amide bonds. The maximum atomic E-state index is 13.0. The van der Waals surface area contributed by atoms with E-state index in [9.17, 15) is 9.90 Å². The van der Waals surface area contributed by atoms with Gasteiger partial charge in [-0.2, -0.15) is 0 Å². The van der Waals surface area contributed by atoms with Crippen molar-refractivity contribution < 1.29 is 19.4 Å². The molecule has 0 radical (unpaired) electrons. The Morgan fingerprint density at radius 2 is 1.74 bits per heavy atom. The van der Waals surface area contributed by atoms with Crippen molar-refractivity contribution in [3.05, 3.63) is 0 Å². The maximum Gasteiger partial charge on any atom is 0.189 e. The van der Waals surface area contributed by atoms with Crippen molar-refractivity contribution in [2.45, 2.75) is 97.7 Å². The van der Waals surface area contributed by atoms with Crippen LogP contribution in [0.3, 0.4) is 0 Å². The molecule has 3 atom stereocenters. The molecule has 0 unspecified atom stereocenters. The molecule has 0 aromatic heterocycles. The fraction of sp³-hybridized carbons (Fsp3) is 0.944. The Labute approximate surface area is 143 Å². The monoisotopic (exact) mass is 344 g/mol. The van der Waals surface area contributed by atoms with E-state index < -0.39 is 31.8 Å². The number of hydrogen-bond donors (Lipinski definition) is 1. The van der Waals surface area contributed by atoms with Crippen LogP contribution in [0.25, 0.3) is 0 Å². The van der Waals surface area contributed by atoms with E-state index in [2.05, 4.69) is 33.9 Å². The van der Waals surface area contributed by atoms with Gasteiger partial charge >= 0.3 is 0 Å². The fourth-order valence-electron chi connectivity index (χ4n) is 2.84. The van der Waals surface area contributed by atoms with Crippen LogP contribution in [0.4, 0.5) is 0 Å². The summed E-state index contributed by atoms with van der Waals surface area (Å²) < 4.78 is 11.8. The third-order valence-electron chi connectivity index (χ3n) is 4.57. The van der Waals surface area contributed by atoms with E-state index in [0.29, 0.717) is 0 Å². The molecule has 0 bridgehead atoms. The molecule has 4 nitrogen and oxygen atoms in total. The molecule has 0 saturated carbocycles. The highest BCUT2D eigenvalue weighted by Crippen LogP contribution is 2.35. The van der Waals surface area contributed by atoms with E-state index in [4.69, 9.17) is 9.47 Å². The average molecular weight is 345 g/mol. The van der Waals surface area contributed by atoms with Crippen molar-refractivity contribution in [3.8, 4) is 0 Å². The summed E-state index contributed by atoms with van der Waals surface area (Å²) in [5.41, 5.74) is -0.183. The first kappa shape index (κ1) is 20.8. The molecule has 1 aliphatic heterocycles. The third-order valence-corrected chi connectivity index (χ3v) is 7.93. The molecule has 23 heavy (non-hydrogen) atoms. The van der Waals surface area contributed by atoms with Gasteiger partial charge in [0.15, 0.2) is 11.6 Å². The van der Waals surface area contributed by atoms with Gasteiger partial charge in [-0.05, 0) is 25.2 Å². The second-order valence-corrected chi connectivity index (χ2v) is 14.6. The lowest BCUT2D eigenvalue weighted by Gasteiger charge is -2.46. The smallest absolute Gasteiger partial charge is 0.189 e. The van der Waals surface area contributed by atoms with Gasteiger partial charge in [-0.3, -0.25) is 4.79 Å². The topological polar surface area (TPSA) is 55.8 Å². The zero-order valence-corrected chi connectivity index (χ0v) is 17.4. The van der Waals surface area contributed by atoms with Crippen LogP contribution in [-0.2, 0) is 14.3 Å². The van der Waals surface area contributed by atoms with Gasteiger partial charge in [-0.15, -0.1) is 0 Å². The largest absolute Gasteiger partial charge is 0.390 e. The summed E-state index contributed by atoms with van der Waals surface area (Å²) in [5.74, 6) is -0.945. The lowest BCUT2D eigenvalue weighted by Crippen LogP contribution is -2.63. The molecule has 1 aliphatic rings. The third kappa shape index (κ3) is 5.66. The quantitative estimate of drug-likeness (QED) is 0.771. The molecule has 0 aromatic carbocycles. The van der Waals surface area contributed by atoms with Crippen LogP contribution >= 0.6 is 0 Å². The molecule has 0 aliphatic carbocycles. The number of Topliss-reactive ketones (excluding diaryl/α,β-unsaturated/α-hetero) is 1. The summed E-state index contributed by atoms with van der Waals surface area (Å²) in [4.78, 5) is 13.0. The van der Waals surface area contributed by atoms with E-state index in [1.54, 1.807) is 0 Å². The Hall–Kier alpha value is -0.233. The van der Waals surface area contributed by atoms with Gasteiger partial charge in [0.2, 0.25) is 0 Å². The number of aliphatic hydroxyl groups is 1. The first-order chi connectivity index (χ1) is 10.2. The molecule has 1 N–H and O–H groups in total. The van der Waals surface area contributed by atoms with E-state index in [-0.39, 0.29) is 17.1 Å². The Kier molecular flexibility index (Phi) is 6.28. The number of carbonyl (C=O) groups is 1. The van der Waals surface area contributed by atoms with E-state index in [1.807, 2.05) is 27.7 Å². The van der Waals surface area contributed by atoms with Gasteiger partial charge in [-0.25, -0.2) is 0 Å². The van der Waals surface area contributed by atoms with Gasteiger partial charge in [-0.1, -0.05) is 60.2 Å². The molecule has 136 valence electrons. The zero-order valence-electron chi connectivity index (χ0n) is 16.4. The molecule has 0 aromatic rings. The standard InChI is InChI=1S/C18H36O4Si/c1-12(2)13(19)15-14(20)16(22-18(6,7)21-15)23(8,9)11-10-17(3,4)5/h12-13,15-16,19H,10-11H2,1-9H3/t13-,15-,16-/m0/s1. The summed E-state index contributed by atoms with van der Waals surface area (Å²) in [6, 6.07) is 1.02. The molecule has 0 spiro atoms. The summed E-state index contributed by atoms with van der Waals surface area (Å²) in [6.45, 7) is 18.6. The van der Waals surface area contributed by atoms with Crippen molar-refractivity contribution in [2.24, 2.45) is 11.3 Å². The van der Waals surface area contributed by atoms with Gasteiger partial charge in [0, 0.05) is 0 Å². The highest BCUT2D eigenvalue weighted by atomic mass is 28.3. The van der Waals surface area contributed by atoms with Crippen molar-refractivity contribution in [3.63, 3.8) is 0 Å². The molecule has 1 rings (SSSR count). The summed E-state index contributed by atoms with van der Waals surface area (Å²) in [6.07, 6.45) is -0.510. The summed E-state index contributed by atoms with van der Waals surface area (Å²) >= 11 is 0. The van der Waals surface area contributed by atoms with Crippen LogP contribution in [0.15, 0.2) is 0 Å². The van der Waals surface area contributed by atoms with Gasteiger partial charge in [0.25, 0.3) is 0 Å². The van der Waals surface area contributed by atoms with Crippen LogP contribution in [-0.4, -0.2) is 42.7 Å². The van der Waals surface area contributed by atoms with Crippen LogP contribution in [0.1, 0.15) is 54.9 Å². The Balaban J connectivity index is 3.01. The van der Waals surface area contributed by atoms with Crippen LogP contribution in [0.2, 0.25) is 19.1 Å². The molecule has 1 saturated heterocycles. The van der Waals surface area contributed by atoms with Crippen LogP contribution in [0.5, 0.6) is 0 Å². The second-order valence-electron chi connectivity index (χ2n) is 9.62. The number of ether oxygens (including phenoxy) is 2. The van der Waals surface area contributed by atoms with Gasteiger partial charge in [0.05, 0.1) is 14.2 Å². The molecular weight excluding hydrogens is 308 g/mol. The van der Waals surface area contributed by atoms with E-state index in [1.165, 1.54) is 0 Å². The Bertz CT molecular complexity index is 423. The highest BCUT2D eigenvalue weighted by molar-refractivity contribution is 6.81. The number of rotatable bonds is 5. The first-order valence-corrected chi connectivity index (χ1v) is 12.0. The zero-order chi connectivity index (χ0) is 18.2. The lowest BCUT2D eigenvalue weighted by molar-refractivity contribution is -0.282.